The Labute approximate surface area is 120 Å². The lowest BCUT2D eigenvalue weighted by molar-refractivity contribution is 0.268. The van der Waals surface area contributed by atoms with Crippen LogP contribution >= 0.6 is 0 Å². The number of nitrogens with one attached hydrogen (secondary N) is 1. The van der Waals surface area contributed by atoms with Crippen LogP contribution in [0.2, 0.25) is 0 Å². The summed E-state index contributed by atoms with van der Waals surface area (Å²) in [6, 6.07) is 7.99. The molecule has 1 heterocycles. The Kier molecular flexibility index (Phi) is 3.77. The predicted octanol–water partition coefficient (Wildman–Crippen LogP) is 4.06. The summed E-state index contributed by atoms with van der Waals surface area (Å²) < 4.78 is 0. The Balaban J connectivity index is 1.79. The second-order valence-electron chi connectivity index (χ2n) is 6.00. The summed E-state index contributed by atoms with van der Waals surface area (Å²) in [7, 11) is 0. The van der Waals surface area contributed by atoms with Gasteiger partial charge in [-0.25, -0.2) is 0 Å². The van der Waals surface area contributed by atoms with Gasteiger partial charge in [-0.2, -0.15) is 0 Å². The SMILES string of the molecule is CC1CCCCC1CNc1ccc(N)c2cccnc12. The van der Waals surface area contributed by atoms with Crippen LogP contribution in [0, 0.1) is 11.8 Å². The van der Waals surface area contributed by atoms with Crippen molar-refractivity contribution in [3.63, 3.8) is 0 Å². The van der Waals surface area contributed by atoms with Gasteiger partial charge in [0.15, 0.2) is 0 Å². The number of nitrogens with zero attached hydrogens (tertiary/aromatic N) is 1. The van der Waals surface area contributed by atoms with E-state index < -0.39 is 0 Å². The van der Waals surface area contributed by atoms with Crippen molar-refractivity contribution in [1.82, 2.24) is 4.98 Å². The van der Waals surface area contributed by atoms with Gasteiger partial charge in [-0.15, -0.1) is 0 Å². The summed E-state index contributed by atoms with van der Waals surface area (Å²) in [4.78, 5) is 4.48. The number of aromatic nitrogens is 1. The number of hydrogen-bond acceptors (Lipinski definition) is 3. The number of nitrogen functional groups attached to an aromatic ring is 1. The summed E-state index contributed by atoms with van der Waals surface area (Å²) in [6.07, 6.45) is 7.30. The summed E-state index contributed by atoms with van der Waals surface area (Å²) >= 11 is 0. The molecule has 0 saturated heterocycles. The van der Waals surface area contributed by atoms with Gasteiger partial charge in [-0.1, -0.05) is 26.2 Å². The highest BCUT2D eigenvalue weighted by molar-refractivity contribution is 5.98. The van der Waals surface area contributed by atoms with Crippen LogP contribution in [0.15, 0.2) is 30.5 Å². The molecule has 1 aliphatic carbocycles. The first-order valence-electron chi connectivity index (χ1n) is 7.63. The minimum atomic E-state index is 0.778. The van der Waals surface area contributed by atoms with Gasteiger partial charge >= 0.3 is 0 Å². The zero-order valence-corrected chi connectivity index (χ0v) is 12.1. The van der Waals surface area contributed by atoms with Crippen LogP contribution in [0.4, 0.5) is 11.4 Å². The fraction of sp³-hybridized carbons (Fsp3) is 0.471. The van der Waals surface area contributed by atoms with Crippen molar-refractivity contribution in [2.75, 3.05) is 17.6 Å². The van der Waals surface area contributed by atoms with Gasteiger partial charge in [0.25, 0.3) is 0 Å². The Hall–Kier alpha value is -1.77. The lowest BCUT2D eigenvalue weighted by Crippen LogP contribution is -2.24. The maximum Gasteiger partial charge on any atom is 0.0953 e. The molecule has 3 heteroatoms. The molecule has 3 nitrogen and oxygen atoms in total. The van der Waals surface area contributed by atoms with Gasteiger partial charge < -0.3 is 11.1 Å². The van der Waals surface area contributed by atoms with Crippen LogP contribution in [-0.4, -0.2) is 11.5 Å². The quantitative estimate of drug-likeness (QED) is 0.826. The molecule has 3 rings (SSSR count). The van der Waals surface area contributed by atoms with Crippen LogP contribution in [0.3, 0.4) is 0 Å². The van der Waals surface area contributed by atoms with Crippen molar-refractivity contribution in [2.45, 2.75) is 32.6 Å². The number of benzene rings is 1. The van der Waals surface area contributed by atoms with E-state index in [0.29, 0.717) is 0 Å². The van der Waals surface area contributed by atoms with Gasteiger partial charge in [0.05, 0.1) is 11.2 Å². The number of hydrogen-bond donors (Lipinski definition) is 2. The average Bonchev–Trinajstić information content (AvgIpc) is 2.48. The van der Waals surface area contributed by atoms with Gasteiger partial charge in [-0.05, 0) is 42.5 Å². The first-order chi connectivity index (χ1) is 9.75. The molecule has 3 N–H and O–H groups in total. The van der Waals surface area contributed by atoms with E-state index >= 15 is 0 Å². The predicted molar refractivity (Wildman–Crippen MR) is 85.8 cm³/mol. The number of rotatable bonds is 3. The second-order valence-corrected chi connectivity index (χ2v) is 6.00. The van der Waals surface area contributed by atoms with Gasteiger partial charge in [-0.3, -0.25) is 4.98 Å². The molecular weight excluding hydrogens is 246 g/mol. The third-order valence-corrected chi connectivity index (χ3v) is 4.65. The van der Waals surface area contributed by atoms with Crippen LogP contribution < -0.4 is 11.1 Å². The minimum absolute atomic E-state index is 0.778. The molecule has 1 aromatic heterocycles. The summed E-state index contributed by atoms with van der Waals surface area (Å²) in [5.74, 6) is 1.60. The van der Waals surface area contributed by atoms with Crippen molar-refractivity contribution in [3.05, 3.63) is 30.5 Å². The van der Waals surface area contributed by atoms with E-state index in [1.54, 1.807) is 0 Å². The molecule has 1 saturated carbocycles. The first-order valence-corrected chi connectivity index (χ1v) is 7.63. The molecule has 1 aromatic carbocycles. The van der Waals surface area contributed by atoms with Crippen LogP contribution in [0.5, 0.6) is 0 Å². The standard InChI is InChI=1S/C17H23N3/c1-12-5-2-3-6-13(12)11-20-16-9-8-15(18)14-7-4-10-19-17(14)16/h4,7-10,12-13,20H,2-3,5-6,11,18H2,1H3. The molecule has 0 amide bonds. The van der Waals surface area contributed by atoms with E-state index in [1.165, 1.54) is 25.7 Å². The molecule has 20 heavy (non-hydrogen) atoms. The Morgan fingerprint density at radius 1 is 1.25 bits per heavy atom. The fourth-order valence-corrected chi connectivity index (χ4v) is 3.27. The molecule has 0 spiro atoms. The third-order valence-electron chi connectivity index (χ3n) is 4.65. The van der Waals surface area contributed by atoms with Crippen molar-refractivity contribution in [1.29, 1.82) is 0 Å². The monoisotopic (exact) mass is 269 g/mol. The van der Waals surface area contributed by atoms with Gasteiger partial charge in [0, 0.05) is 23.8 Å². The van der Waals surface area contributed by atoms with Crippen molar-refractivity contribution in [3.8, 4) is 0 Å². The lowest BCUT2D eigenvalue weighted by Gasteiger charge is -2.29. The van der Waals surface area contributed by atoms with Crippen LogP contribution in [0.25, 0.3) is 10.9 Å². The molecule has 0 aliphatic heterocycles. The summed E-state index contributed by atoms with van der Waals surface area (Å²) in [5, 5.41) is 4.63. The Morgan fingerprint density at radius 2 is 2.10 bits per heavy atom. The van der Waals surface area contributed by atoms with E-state index in [9.17, 15) is 0 Å². The molecular formula is C17H23N3. The average molecular weight is 269 g/mol. The largest absolute Gasteiger partial charge is 0.398 e. The summed E-state index contributed by atoms with van der Waals surface area (Å²) in [6.45, 7) is 3.42. The second kappa shape index (κ2) is 5.70. The number of anilines is 2. The molecule has 1 aliphatic rings. The zero-order chi connectivity index (χ0) is 13.9. The van der Waals surface area contributed by atoms with Crippen molar-refractivity contribution < 1.29 is 0 Å². The first kappa shape index (κ1) is 13.2. The lowest BCUT2D eigenvalue weighted by atomic mass is 9.80. The van der Waals surface area contributed by atoms with E-state index in [4.69, 9.17) is 5.73 Å². The fourth-order valence-electron chi connectivity index (χ4n) is 3.27. The number of fused-ring (bicyclic) bond motifs is 1. The van der Waals surface area contributed by atoms with E-state index in [0.717, 1.165) is 40.7 Å². The topological polar surface area (TPSA) is 50.9 Å². The molecule has 2 atom stereocenters. The Morgan fingerprint density at radius 3 is 2.95 bits per heavy atom. The van der Waals surface area contributed by atoms with E-state index in [2.05, 4.69) is 23.3 Å². The number of pyridine rings is 1. The van der Waals surface area contributed by atoms with Gasteiger partial charge in [0.1, 0.15) is 0 Å². The third kappa shape index (κ3) is 2.58. The van der Waals surface area contributed by atoms with Crippen LogP contribution in [0.1, 0.15) is 32.6 Å². The molecule has 0 radical (unpaired) electrons. The molecule has 0 bridgehead atoms. The van der Waals surface area contributed by atoms with Crippen molar-refractivity contribution >= 4 is 22.3 Å². The van der Waals surface area contributed by atoms with E-state index in [1.807, 2.05) is 24.4 Å². The van der Waals surface area contributed by atoms with Crippen LogP contribution in [-0.2, 0) is 0 Å². The number of nitrogens with two attached hydrogens (primary N) is 1. The van der Waals surface area contributed by atoms with Crippen molar-refractivity contribution in [2.24, 2.45) is 11.8 Å². The maximum atomic E-state index is 6.02. The highest BCUT2D eigenvalue weighted by Gasteiger charge is 2.21. The van der Waals surface area contributed by atoms with E-state index in [-0.39, 0.29) is 0 Å². The maximum absolute atomic E-state index is 6.02. The Bertz CT molecular complexity index is 594. The highest BCUT2D eigenvalue weighted by Crippen LogP contribution is 2.31. The highest BCUT2D eigenvalue weighted by atomic mass is 14.9. The molecule has 2 aromatic rings. The minimum Gasteiger partial charge on any atom is -0.398 e. The smallest absolute Gasteiger partial charge is 0.0953 e. The molecule has 106 valence electrons. The molecule has 1 fully saturated rings. The normalized spacial score (nSPS) is 22.9. The summed E-state index contributed by atoms with van der Waals surface area (Å²) in [5.41, 5.74) is 8.90. The van der Waals surface area contributed by atoms with Gasteiger partial charge in [0.2, 0.25) is 0 Å². The zero-order valence-electron chi connectivity index (χ0n) is 12.1. The molecule has 2 unspecified atom stereocenters.